The molecule has 0 aliphatic rings. The highest BCUT2D eigenvalue weighted by atomic mass is 32.2. The molecular formula is C20H17N5O2S2. The Labute approximate surface area is 172 Å². The van der Waals surface area contributed by atoms with Crippen LogP contribution >= 0.6 is 11.3 Å². The van der Waals surface area contributed by atoms with Gasteiger partial charge in [-0.05, 0) is 49.4 Å². The summed E-state index contributed by atoms with van der Waals surface area (Å²) in [5.41, 5.74) is 7.38. The van der Waals surface area contributed by atoms with Crippen molar-refractivity contribution >= 4 is 38.5 Å². The van der Waals surface area contributed by atoms with Gasteiger partial charge in [-0.15, -0.1) is 11.3 Å². The van der Waals surface area contributed by atoms with Crippen molar-refractivity contribution in [1.82, 2.24) is 15.0 Å². The number of sulfone groups is 1. The Kier molecular flexibility index (Phi) is 4.99. The van der Waals surface area contributed by atoms with Gasteiger partial charge in [0.15, 0.2) is 0 Å². The molecule has 29 heavy (non-hydrogen) atoms. The van der Waals surface area contributed by atoms with E-state index in [2.05, 4.69) is 20.3 Å². The maximum atomic E-state index is 12.9. The number of nitrogen functional groups attached to an aromatic ring is 1. The lowest BCUT2D eigenvalue weighted by atomic mass is 10.3. The van der Waals surface area contributed by atoms with Crippen LogP contribution in [0.2, 0.25) is 0 Å². The zero-order chi connectivity index (χ0) is 20.4. The molecule has 0 amide bonds. The number of aromatic nitrogens is 3. The predicted molar refractivity (Wildman–Crippen MR) is 114 cm³/mol. The SMILES string of the molecule is Cc1cnc(-c2ccnc(Nc3cccc(S(=O)(=O)c4cccc(N)c4)c3)n2)s1. The number of benzene rings is 2. The van der Waals surface area contributed by atoms with E-state index in [-0.39, 0.29) is 9.79 Å². The maximum Gasteiger partial charge on any atom is 0.227 e. The summed E-state index contributed by atoms with van der Waals surface area (Å²) in [6.45, 7) is 1.98. The van der Waals surface area contributed by atoms with Gasteiger partial charge in [-0.3, -0.25) is 0 Å². The Morgan fingerprint density at radius 3 is 2.48 bits per heavy atom. The molecular weight excluding hydrogens is 406 g/mol. The molecule has 0 atom stereocenters. The van der Waals surface area contributed by atoms with Crippen LogP contribution < -0.4 is 11.1 Å². The van der Waals surface area contributed by atoms with Gasteiger partial charge in [0.1, 0.15) is 10.7 Å². The first-order valence-corrected chi connectivity index (χ1v) is 11.0. The first kappa shape index (κ1) is 19.0. The fourth-order valence-electron chi connectivity index (χ4n) is 2.70. The molecule has 0 aliphatic carbocycles. The van der Waals surface area contributed by atoms with Crippen LogP contribution in [-0.2, 0) is 9.84 Å². The molecule has 0 aliphatic heterocycles. The van der Waals surface area contributed by atoms with Crippen LogP contribution in [0.25, 0.3) is 10.7 Å². The van der Waals surface area contributed by atoms with E-state index in [1.165, 1.54) is 12.1 Å². The first-order chi connectivity index (χ1) is 13.9. The summed E-state index contributed by atoms with van der Waals surface area (Å²) >= 11 is 1.54. The number of hydrogen-bond donors (Lipinski definition) is 2. The summed E-state index contributed by atoms with van der Waals surface area (Å²) in [6.07, 6.45) is 3.43. The average Bonchev–Trinajstić information content (AvgIpc) is 3.15. The summed E-state index contributed by atoms with van der Waals surface area (Å²) < 4.78 is 25.8. The Morgan fingerprint density at radius 1 is 1.00 bits per heavy atom. The topological polar surface area (TPSA) is 111 Å². The van der Waals surface area contributed by atoms with Gasteiger partial charge in [0, 0.05) is 28.6 Å². The molecule has 3 N–H and O–H groups in total. The minimum absolute atomic E-state index is 0.145. The zero-order valence-electron chi connectivity index (χ0n) is 15.4. The lowest BCUT2D eigenvalue weighted by molar-refractivity contribution is 0.596. The summed E-state index contributed by atoms with van der Waals surface area (Å²) in [5.74, 6) is 0.355. The van der Waals surface area contributed by atoms with Crippen molar-refractivity contribution in [2.75, 3.05) is 11.1 Å². The molecule has 2 heterocycles. The minimum Gasteiger partial charge on any atom is -0.399 e. The van der Waals surface area contributed by atoms with E-state index in [1.54, 1.807) is 66.2 Å². The smallest absolute Gasteiger partial charge is 0.227 e. The zero-order valence-corrected chi connectivity index (χ0v) is 17.0. The Morgan fingerprint density at radius 2 is 1.76 bits per heavy atom. The van der Waals surface area contributed by atoms with Crippen LogP contribution in [0.1, 0.15) is 4.88 Å². The molecule has 2 aromatic carbocycles. The highest BCUT2D eigenvalue weighted by Gasteiger charge is 2.18. The second-order valence-corrected chi connectivity index (χ2v) is 9.45. The molecule has 7 nitrogen and oxygen atoms in total. The van der Waals surface area contributed by atoms with Crippen LogP contribution in [0.15, 0.2) is 76.8 Å². The standard InChI is InChI=1S/C20H17N5O2S2/c1-13-12-23-19(28-13)18-8-9-22-20(25-18)24-15-5-3-7-17(11-15)29(26,27)16-6-2-4-14(21)10-16/h2-12H,21H2,1H3,(H,22,24,25). The number of rotatable bonds is 5. The molecule has 4 aromatic rings. The molecule has 0 spiro atoms. The average molecular weight is 424 g/mol. The molecule has 2 aromatic heterocycles. The van der Waals surface area contributed by atoms with Crippen molar-refractivity contribution in [3.8, 4) is 10.7 Å². The normalized spacial score (nSPS) is 11.3. The summed E-state index contributed by atoms with van der Waals surface area (Å²) in [4.78, 5) is 14.4. The molecule has 0 saturated heterocycles. The molecule has 0 saturated carbocycles. The predicted octanol–water partition coefficient (Wildman–Crippen LogP) is 4.07. The number of hydrogen-bond acceptors (Lipinski definition) is 8. The van der Waals surface area contributed by atoms with Crippen LogP contribution in [-0.4, -0.2) is 23.4 Å². The molecule has 0 bridgehead atoms. The fraction of sp³-hybridized carbons (Fsp3) is 0.0500. The minimum atomic E-state index is -3.69. The number of thiazole rings is 1. The quantitative estimate of drug-likeness (QED) is 0.466. The summed E-state index contributed by atoms with van der Waals surface area (Å²) in [5, 5.41) is 3.86. The number of nitrogens with one attached hydrogen (secondary N) is 1. The Bertz CT molecular complexity index is 1290. The van der Waals surface area contributed by atoms with E-state index in [1.807, 2.05) is 6.92 Å². The monoisotopic (exact) mass is 423 g/mol. The van der Waals surface area contributed by atoms with Gasteiger partial charge in [0.25, 0.3) is 0 Å². The molecule has 9 heteroatoms. The van der Waals surface area contributed by atoms with Gasteiger partial charge in [-0.1, -0.05) is 12.1 Å². The number of nitrogens with two attached hydrogens (primary N) is 1. The summed E-state index contributed by atoms with van der Waals surface area (Å²) in [7, 11) is -3.69. The van der Waals surface area contributed by atoms with E-state index < -0.39 is 9.84 Å². The third kappa shape index (κ3) is 4.10. The van der Waals surface area contributed by atoms with E-state index in [4.69, 9.17) is 5.73 Å². The molecule has 4 rings (SSSR count). The number of nitrogens with zero attached hydrogens (tertiary/aromatic N) is 3. The number of aryl methyl sites for hydroxylation is 1. The highest BCUT2D eigenvalue weighted by Crippen LogP contribution is 2.27. The lowest BCUT2D eigenvalue weighted by Crippen LogP contribution is -2.04. The highest BCUT2D eigenvalue weighted by molar-refractivity contribution is 7.91. The largest absolute Gasteiger partial charge is 0.399 e. The van der Waals surface area contributed by atoms with Crippen molar-refractivity contribution in [2.24, 2.45) is 0 Å². The fourth-order valence-corrected chi connectivity index (χ4v) is 4.79. The summed E-state index contributed by atoms with van der Waals surface area (Å²) in [6, 6.07) is 14.5. The van der Waals surface area contributed by atoms with E-state index in [0.717, 1.165) is 9.88 Å². The third-order valence-electron chi connectivity index (χ3n) is 4.06. The van der Waals surface area contributed by atoms with Gasteiger partial charge in [0.2, 0.25) is 15.8 Å². The lowest BCUT2D eigenvalue weighted by Gasteiger charge is -2.09. The van der Waals surface area contributed by atoms with Gasteiger partial charge in [-0.2, -0.15) is 0 Å². The van der Waals surface area contributed by atoms with Crippen molar-refractivity contribution in [2.45, 2.75) is 16.7 Å². The second kappa shape index (κ2) is 7.61. The first-order valence-electron chi connectivity index (χ1n) is 8.65. The van der Waals surface area contributed by atoms with Gasteiger partial charge in [-0.25, -0.2) is 23.4 Å². The molecule has 0 fully saturated rings. The van der Waals surface area contributed by atoms with Crippen LogP contribution in [0.4, 0.5) is 17.3 Å². The third-order valence-corrected chi connectivity index (χ3v) is 6.75. The van der Waals surface area contributed by atoms with Crippen molar-refractivity contribution < 1.29 is 8.42 Å². The van der Waals surface area contributed by atoms with Crippen molar-refractivity contribution in [1.29, 1.82) is 0 Å². The molecule has 0 unspecified atom stereocenters. The van der Waals surface area contributed by atoms with Crippen LogP contribution in [0, 0.1) is 6.92 Å². The van der Waals surface area contributed by atoms with Crippen LogP contribution in [0.5, 0.6) is 0 Å². The van der Waals surface area contributed by atoms with Crippen molar-refractivity contribution in [3.05, 3.63) is 71.9 Å². The van der Waals surface area contributed by atoms with E-state index >= 15 is 0 Å². The van der Waals surface area contributed by atoms with E-state index in [9.17, 15) is 8.42 Å². The Balaban J connectivity index is 1.63. The van der Waals surface area contributed by atoms with Gasteiger partial charge in [0.05, 0.1) is 9.79 Å². The Hall–Kier alpha value is -3.30. The maximum absolute atomic E-state index is 12.9. The van der Waals surface area contributed by atoms with Crippen LogP contribution in [0.3, 0.4) is 0 Å². The molecule has 146 valence electrons. The molecule has 0 radical (unpaired) electrons. The second-order valence-electron chi connectivity index (χ2n) is 6.27. The van der Waals surface area contributed by atoms with Gasteiger partial charge < -0.3 is 11.1 Å². The van der Waals surface area contributed by atoms with Gasteiger partial charge >= 0.3 is 0 Å². The number of anilines is 3. The van der Waals surface area contributed by atoms with E-state index in [0.29, 0.717) is 23.0 Å². The van der Waals surface area contributed by atoms with Crippen molar-refractivity contribution in [3.63, 3.8) is 0 Å².